The summed E-state index contributed by atoms with van der Waals surface area (Å²) in [5, 5.41) is 0. The van der Waals surface area contributed by atoms with Gasteiger partial charge in [-0.1, -0.05) is 6.92 Å². The SMILES string of the molecule is CC[C@@]1(C(=O)OC)CCCN(C(=O)OC(C)(C)C)C1. The molecule has 5 nitrogen and oxygen atoms in total. The van der Waals surface area contributed by atoms with Crippen LogP contribution in [0.25, 0.3) is 0 Å². The molecule has 1 rings (SSSR count). The number of likely N-dealkylation sites (tertiary alicyclic amines) is 1. The second-order valence-corrected chi connectivity index (χ2v) is 6.13. The largest absolute Gasteiger partial charge is 0.469 e. The Kier molecular flexibility index (Phi) is 4.82. The van der Waals surface area contributed by atoms with Gasteiger partial charge in [0.15, 0.2) is 0 Å². The lowest BCUT2D eigenvalue weighted by Crippen LogP contribution is -2.51. The number of hydrogen-bond donors (Lipinski definition) is 0. The normalized spacial score (nSPS) is 23.9. The first-order valence-electron chi connectivity index (χ1n) is 6.80. The smallest absolute Gasteiger partial charge is 0.410 e. The highest BCUT2D eigenvalue weighted by molar-refractivity contribution is 5.78. The van der Waals surface area contributed by atoms with Crippen molar-refractivity contribution in [3.05, 3.63) is 0 Å². The fourth-order valence-electron chi connectivity index (χ4n) is 2.43. The van der Waals surface area contributed by atoms with Crippen LogP contribution in [0.3, 0.4) is 0 Å². The molecule has 0 spiro atoms. The van der Waals surface area contributed by atoms with Crippen LogP contribution in [0.1, 0.15) is 47.0 Å². The molecule has 1 aliphatic rings. The summed E-state index contributed by atoms with van der Waals surface area (Å²) < 4.78 is 10.3. The van der Waals surface area contributed by atoms with Crippen molar-refractivity contribution in [2.24, 2.45) is 5.41 Å². The number of amides is 1. The molecule has 1 amide bonds. The van der Waals surface area contributed by atoms with Crippen LogP contribution in [0.4, 0.5) is 4.79 Å². The Morgan fingerprint density at radius 2 is 1.95 bits per heavy atom. The molecule has 0 aromatic heterocycles. The van der Waals surface area contributed by atoms with Gasteiger partial charge >= 0.3 is 12.1 Å². The molecule has 0 radical (unpaired) electrons. The van der Waals surface area contributed by atoms with Crippen molar-refractivity contribution in [3.63, 3.8) is 0 Å². The Hall–Kier alpha value is -1.26. The van der Waals surface area contributed by atoms with Crippen molar-refractivity contribution in [1.82, 2.24) is 4.90 Å². The van der Waals surface area contributed by atoms with Gasteiger partial charge in [0.25, 0.3) is 0 Å². The third-order valence-electron chi connectivity index (χ3n) is 3.52. The Morgan fingerprint density at radius 1 is 1.32 bits per heavy atom. The van der Waals surface area contributed by atoms with Crippen molar-refractivity contribution in [2.45, 2.75) is 52.6 Å². The highest BCUT2D eigenvalue weighted by Gasteiger charge is 2.43. The van der Waals surface area contributed by atoms with Crippen LogP contribution in [-0.4, -0.2) is 42.8 Å². The number of methoxy groups -OCH3 is 1. The minimum atomic E-state index is -0.579. The van der Waals surface area contributed by atoms with E-state index in [0.717, 1.165) is 12.8 Å². The fraction of sp³-hybridized carbons (Fsp3) is 0.857. The summed E-state index contributed by atoms with van der Waals surface area (Å²) in [5.41, 5.74) is -1.10. The maximum Gasteiger partial charge on any atom is 0.410 e. The van der Waals surface area contributed by atoms with Crippen molar-refractivity contribution < 1.29 is 19.1 Å². The molecule has 19 heavy (non-hydrogen) atoms. The van der Waals surface area contributed by atoms with Crippen molar-refractivity contribution >= 4 is 12.1 Å². The summed E-state index contributed by atoms with van der Waals surface area (Å²) in [4.78, 5) is 25.7. The molecule has 1 atom stereocenters. The van der Waals surface area contributed by atoms with Crippen LogP contribution in [-0.2, 0) is 14.3 Å². The van der Waals surface area contributed by atoms with Gasteiger partial charge in [-0.15, -0.1) is 0 Å². The minimum Gasteiger partial charge on any atom is -0.469 e. The number of carbonyl (C=O) groups is 2. The predicted molar refractivity (Wildman–Crippen MR) is 71.8 cm³/mol. The molecule has 0 N–H and O–H groups in total. The van der Waals surface area contributed by atoms with Gasteiger partial charge in [0, 0.05) is 13.1 Å². The van der Waals surface area contributed by atoms with Crippen LogP contribution in [0, 0.1) is 5.41 Å². The first-order valence-corrected chi connectivity index (χ1v) is 6.80. The molecule has 0 bridgehead atoms. The van der Waals surface area contributed by atoms with E-state index in [1.807, 2.05) is 27.7 Å². The molecule has 1 fully saturated rings. The average Bonchev–Trinajstić information content (AvgIpc) is 2.35. The van der Waals surface area contributed by atoms with Gasteiger partial charge in [0.05, 0.1) is 12.5 Å². The summed E-state index contributed by atoms with van der Waals surface area (Å²) in [5.74, 6) is -0.233. The van der Waals surface area contributed by atoms with E-state index in [1.54, 1.807) is 4.90 Å². The van der Waals surface area contributed by atoms with E-state index in [1.165, 1.54) is 7.11 Å². The summed E-state index contributed by atoms with van der Waals surface area (Å²) >= 11 is 0. The zero-order valence-corrected chi connectivity index (χ0v) is 12.6. The van der Waals surface area contributed by atoms with Gasteiger partial charge in [-0.2, -0.15) is 0 Å². The molecule has 1 aliphatic heterocycles. The Labute approximate surface area is 115 Å². The fourth-order valence-corrected chi connectivity index (χ4v) is 2.43. The van der Waals surface area contributed by atoms with E-state index < -0.39 is 11.0 Å². The Balaban J connectivity index is 2.78. The number of nitrogens with zero attached hydrogens (tertiary/aromatic N) is 1. The Bertz CT molecular complexity index is 348. The first kappa shape index (κ1) is 15.8. The molecule has 0 aliphatic carbocycles. The third-order valence-corrected chi connectivity index (χ3v) is 3.52. The van der Waals surface area contributed by atoms with Gasteiger partial charge < -0.3 is 14.4 Å². The average molecular weight is 271 g/mol. The quantitative estimate of drug-likeness (QED) is 0.724. The second-order valence-electron chi connectivity index (χ2n) is 6.13. The van der Waals surface area contributed by atoms with E-state index in [4.69, 9.17) is 9.47 Å². The van der Waals surface area contributed by atoms with Crippen molar-refractivity contribution in [2.75, 3.05) is 20.2 Å². The molecule has 0 unspecified atom stereocenters. The van der Waals surface area contributed by atoms with Crippen molar-refractivity contribution in [1.29, 1.82) is 0 Å². The van der Waals surface area contributed by atoms with E-state index in [0.29, 0.717) is 19.5 Å². The molecule has 0 saturated carbocycles. The summed E-state index contributed by atoms with van der Waals surface area (Å²) in [6.07, 6.45) is 1.87. The zero-order chi connectivity index (χ0) is 14.7. The van der Waals surface area contributed by atoms with Crippen molar-refractivity contribution in [3.8, 4) is 0 Å². The number of hydrogen-bond acceptors (Lipinski definition) is 4. The highest BCUT2D eigenvalue weighted by atomic mass is 16.6. The maximum absolute atomic E-state index is 12.1. The van der Waals surface area contributed by atoms with Gasteiger partial charge in [-0.25, -0.2) is 4.79 Å². The maximum atomic E-state index is 12.1. The summed E-state index contributed by atoms with van der Waals surface area (Å²) in [6, 6.07) is 0. The zero-order valence-electron chi connectivity index (χ0n) is 12.6. The van der Waals surface area contributed by atoms with E-state index in [9.17, 15) is 9.59 Å². The number of esters is 1. The molecular weight excluding hydrogens is 246 g/mol. The highest BCUT2D eigenvalue weighted by Crippen LogP contribution is 2.35. The molecule has 0 aromatic rings. The number of rotatable bonds is 2. The minimum absolute atomic E-state index is 0.233. The monoisotopic (exact) mass is 271 g/mol. The Morgan fingerprint density at radius 3 is 2.42 bits per heavy atom. The van der Waals surface area contributed by atoms with E-state index >= 15 is 0 Å². The summed E-state index contributed by atoms with van der Waals surface area (Å²) in [6.45, 7) is 8.47. The number of piperidine rings is 1. The lowest BCUT2D eigenvalue weighted by molar-refractivity contribution is -0.156. The standard InChI is InChI=1S/C14H25NO4/c1-6-14(11(16)18-5)8-7-9-15(10-14)12(17)19-13(2,3)4/h6-10H2,1-5H3/t14-/m1/s1. The number of carbonyl (C=O) groups excluding carboxylic acids is 2. The van der Waals surface area contributed by atoms with Crippen LogP contribution < -0.4 is 0 Å². The summed E-state index contributed by atoms with van der Waals surface area (Å²) in [7, 11) is 1.40. The van der Waals surface area contributed by atoms with Crippen LogP contribution in [0.15, 0.2) is 0 Å². The second kappa shape index (κ2) is 5.80. The van der Waals surface area contributed by atoms with Crippen LogP contribution in [0.2, 0.25) is 0 Å². The molecule has 5 heteroatoms. The third kappa shape index (κ3) is 3.85. The van der Waals surface area contributed by atoms with Crippen LogP contribution >= 0.6 is 0 Å². The topological polar surface area (TPSA) is 55.8 Å². The van der Waals surface area contributed by atoms with Gasteiger partial charge in [0.2, 0.25) is 0 Å². The van der Waals surface area contributed by atoms with Gasteiger partial charge in [-0.05, 0) is 40.0 Å². The molecule has 1 saturated heterocycles. The van der Waals surface area contributed by atoms with E-state index in [-0.39, 0.29) is 12.1 Å². The van der Waals surface area contributed by atoms with Gasteiger partial charge in [-0.3, -0.25) is 4.79 Å². The lowest BCUT2D eigenvalue weighted by atomic mass is 9.78. The van der Waals surface area contributed by atoms with Crippen LogP contribution in [0.5, 0.6) is 0 Å². The first-order chi connectivity index (χ1) is 8.74. The molecule has 1 heterocycles. The predicted octanol–water partition coefficient (Wildman–Crippen LogP) is 2.59. The number of ether oxygens (including phenoxy) is 2. The lowest BCUT2D eigenvalue weighted by Gasteiger charge is -2.40. The molecule has 0 aromatic carbocycles. The van der Waals surface area contributed by atoms with E-state index in [2.05, 4.69) is 0 Å². The van der Waals surface area contributed by atoms with Gasteiger partial charge in [0.1, 0.15) is 5.60 Å². The molecular formula is C14H25NO4. The molecule has 110 valence electrons.